The molecule has 37 heavy (non-hydrogen) atoms. The van der Waals surface area contributed by atoms with Gasteiger partial charge in [-0.25, -0.2) is 19.4 Å². The first-order chi connectivity index (χ1) is 17.8. The van der Waals surface area contributed by atoms with Crippen molar-refractivity contribution in [1.29, 1.82) is 0 Å². The smallest absolute Gasteiger partial charge is 0.408 e. The van der Waals surface area contributed by atoms with Crippen LogP contribution in [-0.2, 0) is 15.9 Å². The predicted octanol–water partition coefficient (Wildman–Crippen LogP) is 4.93. The average molecular weight is 505 g/mol. The Morgan fingerprint density at radius 2 is 1.97 bits per heavy atom. The van der Waals surface area contributed by atoms with E-state index in [1.165, 1.54) is 11.1 Å². The molecule has 9 nitrogen and oxygen atoms in total. The van der Waals surface area contributed by atoms with Crippen molar-refractivity contribution in [3.05, 3.63) is 47.8 Å². The molecule has 1 unspecified atom stereocenters. The number of nitrogens with one attached hydrogen (secondary N) is 1. The summed E-state index contributed by atoms with van der Waals surface area (Å²) in [5, 5.41) is 7.78. The zero-order chi connectivity index (χ0) is 25.6. The Morgan fingerprint density at radius 3 is 2.73 bits per heavy atom. The third-order valence-corrected chi connectivity index (χ3v) is 7.98. The summed E-state index contributed by atoms with van der Waals surface area (Å²) in [6.07, 6.45) is 9.20. The molecule has 2 fully saturated rings. The maximum absolute atomic E-state index is 12.8. The Bertz CT molecular complexity index is 1280. The van der Waals surface area contributed by atoms with Gasteiger partial charge in [-0.05, 0) is 70.4 Å². The lowest BCUT2D eigenvalue weighted by atomic mass is 9.72. The SMILES string of the molecule is CC(C)(C)OC(=O)N[C@@H]1c2ccccc2CC12CCN(c1cnc3cnn(C4CCCCO4)c3n1)CC2. The number of hydrogen-bond acceptors (Lipinski definition) is 7. The van der Waals surface area contributed by atoms with E-state index in [4.69, 9.17) is 14.5 Å². The number of fused-ring (bicyclic) bond motifs is 2. The lowest BCUT2D eigenvalue weighted by Crippen LogP contribution is -2.48. The van der Waals surface area contributed by atoms with Crippen LogP contribution in [0.15, 0.2) is 36.7 Å². The molecule has 9 heteroatoms. The largest absolute Gasteiger partial charge is 0.444 e. The van der Waals surface area contributed by atoms with Crippen molar-refractivity contribution in [3.8, 4) is 0 Å². The van der Waals surface area contributed by atoms with Crippen LogP contribution in [0.2, 0.25) is 0 Å². The first-order valence-electron chi connectivity index (χ1n) is 13.5. The van der Waals surface area contributed by atoms with Gasteiger partial charge in [0.15, 0.2) is 11.9 Å². The van der Waals surface area contributed by atoms with Gasteiger partial charge in [-0.1, -0.05) is 24.3 Å². The van der Waals surface area contributed by atoms with Gasteiger partial charge >= 0.3 is 6.09 Å². The lowest BCUT2D eigenvalue weighted by molar-refractivity contribution is -0.0370. The second-order valence-corrected chi connectivity index (χ2v) is 11.7. The summed E-state index contributed by atoms with van der Waals surface area (Å²) in [5.74, 6) is 0.868. The molecule has 6 rings (SSSR count). The lowest BCUT2D eigenvalue weighted by Gasteiger charge is -2.43. The second kappa shape index (κ2) is 9.28. The Balaban J connectivity index is 1.22. The number of alkyl carbamates (subject to hydrolysis) is 1. The number of piperidine rings is 1. The van der Waals surface area contributed by atoms with Crippen LogP contribution in [0.1, 0.15) is 76.3 Å². The fraction of sp³-hybridized carbons (Fsp3) is 0.571. The Kier molecular flexibility index (Phi) is 6.06. The van der Waals surface area contributed by atoms with Gasteiger partial charge < -0.3 is 19.7 Å². The number of rotatable bonds is 3. The van der Waals surface area contributed by atoms with Gasteiger partial charge in [0.2, 0.25) is 0 Å². The number of carbonyl (C=O) groups excluding carboxylic acids is 1. The summed E-state index contributed by atoms with van der Waals surface area (Å²) >= 11 is 0. The van der Waals surface area contributed by atoms with Crippen molar-refractivity contribution >= 4 is 23.1 Å². The van der Waals surface area contributed by atoms with Gasteiger partial charge in [0, 0.05) is 25.1 Å². The van der Waals surface area contributed by atoms with Crippen molar-refractivity contribution in [3.63, 3.8) is 0 Å². The number of ether oxygens (including phenoxy) is 2. The van der Waals surface area contributed by atoms with Crippen molar-refractivity contribution in [2.24, 2.45) is 5.41 Å². The van der Waals surface area contributed by atoms with Gasteiger partial charge in [-0.15, -0.1) is 0 Å². The molecular formula is C28H36N6O3. The Labute approximate surface area is 217 Å². The number of aromatic nitrogens is 4. The molecule has 1 amide bonds. The normalized spacial score (nSPS) is 23.3. The third-order valence-electron chi connectivity index (χ3n) is 7.98. The van der Waals surface area contributed by atoms with E-state index in [1.54, 1.807) is 6.20 Å². The number of carbonyl (C=O) groups is 1. The summed E-state index contributed by atoms with van der Waals surface area (Å²) in [4.78, 5) is 24.8. The Hall–Kier alpha value is -3.20. The van der Waals surface area contributed by atoms with Crippen LogP contribution in [0.25, 0.3) is 11.2 Å². The minimum absolute atomic E-state index is 0.0493. The standard InChI is InChI=1S/C28H36N6O3/c1-27(2,3)37-26(35)32-24-20-9-5-4-8-19(20)16-28(24)11-13-33(14-12-28)22-18-29-21-17-30-34(25(21)31-22)23-10-6-7-15-36-23/h4-5,8-9,17-18,23-24H,6-7,10-16H2,1-3H3,(H,32,35)/t23?,24-/m1/s1. The molecule has 1 aromatic carbocycles. The molecule has 1 aliphatic carbocycles. The van der Waals surface area contributed by atoms with E-state index in [2.05, 4.69) is 44.6 Å². The molecule has 0 saturated carbocycles. The van der Waals surface area contributed by atoms with Gasteiger partial charge in [-0.3, -0.25) is 0 Å². The first kappa shape index (κ1) is 24.2. The molecule has 0 bridgehead atoms. The molecule has 3 aromatic rings. The van der Waals surface area contributed by atoms with E-state index in [0.717, 1.165) is 75.2 Å². The molecular weight excluding hydrogens is 468 g/mol. The quantitative estimate of drug-likeness (QED) is 0.540. The highest BCUT2D eigenvalue weighted by atomic mass is 16.6. The number of anilines is 1. The van der Waals surface area contributed by atoms with Crippen molar-refractivity contribution in [2.75, 3.05) is 24.6 Å². The van der Waals surface area contributed by atoms with Crippen LogP contribution in [0, 0.1) is 5.41 Å². The van der Waals surface area contributed by atoms with Crippen molar-refractivity contribution in [2.45, 2.75) is 77.2 Å². The number of nitrogens with zero attached hydrogens (tertiary/aromatic N) is 5. The van der Waals surface area contributed by atoms with E-state index in [9.17, 15) is 4.79 Å². The van der Waals surface area contributed by atoms with E-state index in [1.807, 2.05) is 31.6 Å². The van der Waals surface area contributed by atoms with E-state index >= 15 is 0 Å². The number of benzene rings is 1. The fourth-order valence-corrected chi connectivity index (χ4v) is 6.18. The van der Waals surface area contributed by atoms with Gasteiger partial charge in [0.25, 0.3) is 0 Å². The molecule has 2 saturated heterocycles. The monoisotopic (exact) mass is 504 g/mol. The molecule has 1 N–H and O–H groups in total. The van der Waals surface area contributed by atoms with Gasteiger partial charge in [0.05, 0.1) is 18.4 Å². The molecule has 2 aliphatic heterocycles. The number of amides is 1. The zero-order valence-corrected chi connectivity index (χ0v) is 21.9. The summed E-state index contributed by atoms with van der Waals surface area (Å²) in [5.41, 5.74) is 3.51. The van der Waals surface area contributed by atoms with Crippen LogP contribution < -0.4 is 10.2 Å². The van der Waals surface area contributed by atoms with Gasteiger partial charge in [0.1, 0.15) is 16.9 Å². The van der Waals surface area contributed by atoms with Gasteiger partial charge in [-0.2, -0.15) is 5.10 Å². The summed E-state index contributed by atoms with van der Waals surface area (Å²) in [7, 11) is 0. The number of hydrogen-bond donors (Lipinski definition) is 1. The maximum atomic E-state index is 12.8. The van der Waals surface area contributed by atoms with Crippen molar-refractivity contribution in [1.82, 2.24) is 25.1 Å². The summed E-state index contributed by atoms with van der Waals surface area (Å²) < 4.78 is 13.5. The first-order valence-corrected chi connectivity index (χ1v) is 13.5. The molecule has 0 radical (unpaired) electrons. The average Bonchev–Trinajstić information content (AvgIpc) is 3.43. The minimum Gasteiger partial charge on any atom is -0.444 e. The molecule has 1 spiro atoms. The highest BCUT2D eigenvalue weighted by Gasteiger charge is 2.48. The minimum atomic E-state index is -0.536. The van der Waals surface area contributed by atoms with Crippen LogP contribution in [-0.4, -0.2) is 51.1 Å². The highest BCUT2D eigenvalue weighted by molar-refractivity contribution is 5.71. The summed E-state index contributed by atoms with van der Waals surface area (Å²) in [6.45, 7) is 8.13. The van der Waals surface area contributed by atoms with Crippen molar-refractivity contribution < 1.29 is 14.3 Å². The molecule has 2 atom stereocenters. The van der Waals surface area contributed by atoms with Crippen LogP contribution in [0.5, 0.6) is 0 Å². The van der Waals surface area contributed by atoms with Crippen LogP contribution >= 0.6 is 0 Å². The third kappa shape index (κ3) is 4.65. The zero-order valence-electron chi connectivity index (χ0n) is 21.9. The van der Waals surface area contributed by atoms with E-state index in [0.29, 0.717) is 0 Å². The van der Waals surface area contributed by atoms with Crippen LogP contribution in [0.4, 0.5) is 10.6 Å². The summed E-state index contributed by atoms with van der Waals surface area (Å²) in [6, 6.07) is 8.40. The second-order valence-electron chi connectivity index (χ2n) is 11.7. The predicted molar refractivity (Wildman–Crippen MR) is 140 cm³/mol. The molecule has 196 valence electrons. The Morgan fingerprint density at radius 1 is 1.16 bits per heavy atom. The van der Waals surface area contributed by atoms with Crippen LogP contribution in [0.3, 0.4) is 0 Å². The van der Waals surface area contributed by atoms with E-state index in [-0.39, 0.29) is 23.8 Å². The van der Waals surface area contributed by atoms with E-state index < -0.39 is 5.60 Å². The molecule has 2 aromatic heterocycles. The molecule has 4 heterocycles. The fourth-order valence-electron chi connectivity index (χ4n) is 6.18. The topological polar surface area (TPSA) is 94.4 Å². The highest BCUT2D eigenvalue weighted by Crippen LogP contribution is 2.52. The maximum Gasteiger partial charge on any atom is 0.408 e. The molecule has 3 aliphatic rings.